The summed E-state index contributed by atoms with van der Waals surface area (Å²) in [5, 5.41) is 4.97. The quantitative estimate of drug-likeness (QED) is 0.590. The van der Waals surface area contributed by atoms with E-state index in [0.717, 1.165) is 18.5 Å². The van der Waals surface area contributed by atoms with Gasteiger partial charge in [-0.3, -0.25) is 9.59 Å². The lowest BCUT2D eigenvalue weighted by Crippen LogP contribution is -2.50. The Morgan fingerprint density at radius 2 is 1.55 bits per heavy atom. The highest BCUT2D eigenvalue weighted by molar-refractivity contribution is 6.32. The van der Waals surface area contributed by atoms with Crippen LogP contribution in [0.15, 0.2) is 66.9 Å². The molecule has 31 heavy (non-hydrogen) atoms. The number of carbonyl (C=O) groups excluding carboxylic acids is 2. The minimum atomic E-state index is -0.123. The number of halogens is 1. The van der Waals surface area contributed by atoms with E-state index in [4.69, 9.17) is 11.6 Å². The van der Waals surface area contributed by atoms with E-state index in [1.807, 2.05) is 41.3 Å². The summed E-state index contributed by atoms with van der Waals surface area (Å²) in [4.78, 5) is 29.0. The van der Waals surface area contributed by atoms with Crippen molar-refractivity contribution in [2.75, 3.05) is 26.2 Å². The molecule has 0 saturated carbocycles. The highest BCUT2D eigenvalue weighted by Gasteiger charge is 2.26. The summed E-state index contributed by atoms with van der Waals surface area (Å²) in [5.74, 6) is 0.0352. The van der Waals surface area contributed by atoms with Crippen molar-refractivity contribution in [2.45, 2.75) is 19.3 Å². The number of aromatic nitrogens is 2. The van der Waals surface area contributed by atoms with Crippen molar-refractivity contribution < 1.29 is 9.59 Å². The van der Waals surface area contributed by atoms with Gasteiger partial charge in [-0.05, 0) is 36.6 Å². The normalized spacial score (nSPS) is 14.0. The molecule has 2 aromatic carbocycles. The molecule has 1 aromatic heterocycles. The van der Waals surface area contributed by atoms with E-state index in [9.17, 15) is 9.59 Å². The van der Waals surface area contributed by atoms with Crippen LogP contribution in [-0.4, -0.2) is 57.6 Å². The first-order chi connectivity index (χ1) is 15.1. The maximum Gasteiger partial charge on any atom is 0.274 e. The molecular weight excluding hydrogens is 412 g/mol. The fraction of sp³-hybridized carbons (Fsp3) is 0.292. The van der Waals surface area contributed by atoms with Gasteiger partial charge in [0.2, 0.25) is 5.91 Å². The van der Waals surface area contributed by atoms with Crippen molar-refractivity contribution >= 4 is 23.4 Å². The van der Waals surface area contributed by atoms with Gasteiger partial charge in [-0.1, -0.05) is 54.1 Å². The number of rotatable bonds is 6. The summed E-state index contributed by atoms with van der Waals surface area (Å²) in [6.07, 6.45) is 4.01. The molecule has 0 spiro atoms. The molecule has 0 unspecified atom stereocenters. The number of aryl methyl sites for hydroxylation is 1. The lowest BCUT2D eigenvalue weighted by Gasteiger charge is -2.34. The van der Waals surface area contributed by atoms with E-state index in [-0.39, 0.29) is 11.8 Å². The summed E-state index contributed by atoms with van der Waals surface area (Å²) < 4.78 is 1.61. The molecule has 0 aliphatic carbocycles. The SMILES string of the molecule is O=C(CCCc1ccccc1)N1CCN(C(=O)c2ccn(-c3ccccc3Cl)n2)CC1. The molecule has 7 heteroatoms. The van der Waals surface area contributed by atoms with E-state index in [0.29, 0.717) is 43.3 Å². The summed E-state index contributed by atoms with van der Waals surface area (Å²) in [6, 6.07) is 19.3. The third kappa shape index (κ3) is 5.14. The third-order valence-corrected chi connectivity index (χ3v) is 5.85. The molecule has 0 radical (unpaired) electrons. The van der Waals surface area contributed by atoms with Crippen LogP contribution in [0.1, 0.15) is 28.9 Å². The maximum absolute atomic E-state index is 12.8. The first kappa shape index (κ1) is 21.1. The molecule has 3 aromatic rings. The van der Waals surface area contributed by atoms with Gasteiger partial charge in [0.05, 0.1) is 10.7 Å². The highest BCUT2D eigenvalue weighted by Crippen LogP contribution is 2.19. The molecule has 0 N–H and O–H groups in total. The average Bonchev–Trinajstić information content (AvgIpc) is 3.30. The van der Waals surface area contributed by atoms with E-state index in [1.165, 1.54) is 5.56 Å². The third-order valence-electron chi connectivity index (χ3n) is 5.53. The van der Waals surface area contributed by atoms with E-state index < -0.39 is 0 Å². The standard InChI is InChI=1S/C24H25ClN4O2/c25-20-10-4-5-11-22(20)29-14-13-21(26-29)24(31)28-17-15-27(16-18-28)23(30)12-6-9-19-7-2-1-3-8-19/h1-5,7-8,10-11,13-14H,6,9,12,15-18H2. The van der Waals surface area contributed by atoms with Crippen molar-refractivity contribution in [3.8, 4) is 5.69 Å². The summed E-state index contributed by atoms with van der Waals surface area (Å²) in [5.41, 5.74) is 2.36. The molecule has 0 atom stereocenters. The van der Waals surface area contributed by atoms with E-state index in [2.05, 4.69) is 17.2 Å². The zero-order valence-corrected chi connectivity index (χ0v) is 18.0. The lowest BCUT2D eigenvalue weighted by molar-refractivity contribution is -0.132. The number of para-hydroxylation sites is 1. The van der Waals surface area contributed by atoms with Gasteiger partial charge >= 0.3 is 0 Å². The van der Waals surface area contributed by atoms with Crippen LogP contribution in [0, 0.1) is 0 Å². The van der Waals surface area contributed by atoms with Gasteiger partial charge in [0, 0.05) is 38.8 Å². The highest BCUT2D eigenvalue weighted by atomic mass is 35.5. The number of carbonyl (C=O) groups is 2. The second-order valence-corrected chi connectivity index (χ2v) is 8.02. The van der Waals surface area contributed by atoms with Crippen LogP contribution in [0.5, 0.6) is 0 Å². The Morgan fingerprint density at radius 3 is 2.29 bits per heavy atom. The second kappa shape index (κ2) is 9.79. The second-order valence-electron chi connectivity index (χ2n) is 7.61. The van der Waals surface area contributed by atoms with Crippen LogP contribution < -0.4 is 0 Å². The summed E-state index contributed by atoms with van der Waals surface area (Å²) in [6.45, 7) is 2.15. The summed E-state index contributed by atoms with van der Waals surface area (Å²) in [7, 11) is 0. The molecule has 1 fully saturated rings. The first-order valence-corrected chi connectivity index (χ1v) is 10.9. The van der Waals surface area contributed by atoms with Crippen molar-refractivity contribution in [3.63, 3.8) is 0 Å². The first-order valence-electron chi connectivity index (χ1n) is 10.5. The Labute approximate surface area is 187 Å². The van der Waals surface area contributed by atoms with Crippen LogP contribution in [0.4, 0.5) is 0 Å². The Hall–Kier alpha value is -3.12. The molecule has 2 amide bonds. The van der Waals surface area contributed by atoms with Crippen LogP contribution >= 0.6 is 11.6 Å². The van der Waals surface area contributed by atoms with Gasteiger partial charge in [-0.2, -0.15) is 5.10 Å². The number of hydrogen-bond acceptors (Lipinski definition) is 3. The van der Waals surface area contributed by atoms with Gasteiger partial charge in [-0.25, -0.2) is 4.68 Å². The van der Waals surface area contributed by atoms with Crippen molar-refractivity contribution in [1.82, 2.24) is 19.6 Å². The Kier molecular flexibility index (Phi) is 6.67. The predicted molar refractivity (Wildman–Crippen MR) is 120 cm³/mol. The topological polar surface area (TPSA) is 58.4 Å². The zero-order valence-electron chi connectivity index (χ0n) is 17.3. The van der Waals surface area contributed by atoms with Crippen LogP contribution in [-0.2, 0) is 11.2 Å². The zero-order chi connectivity index (χ0) is 21.6. The summed E-state index contributed by atoms with van der Waals surface area (Å²) >= 11 is 6.22. The van der Waals surface area contributed by atoms with Gasteiger partial charge in [0.25, 0.3) is 5.91 Å². The van der Waals surface area contributed by atoms with Crippen molar-refractivity contribution in [3.05, 3.63) is 83.1 Å². The molecule has 4 rings (SSSR count). The largest absolute Gasteiger partial charge is 0.339 e. The van der Waals surface area contributed by atoms with Crippen molar-refractivity contribution in [2.24, 2.45) is 0 Å². The molecule has 1 aliphatic heterocycles. The molecule has 6 nitrogen and oxygen atoms in total. The van der Waals surface area contributed by atoms with Gasteiger partial charge in [-0.15, -0.1) is 0 Å². The predicted octanol–water partition coefficient (Wildman–Crippen LogP) is 3.83. The molecule has 0 bridgehead atoms. The number of benzene rings is 2. The molecule has 1 aliphatic rings. The number of hydrogen-bond donors (Lipinski definition) is 0. The fourth-order valence-electron chi connectivity index (χ4n) is 3.78. The molecule has 160 valence electrons. The van der Waals surface area contributed by atoms with E-state index >= 15 is 0 Å². The van der Waals surface area contributed by atoms with Crippen LogP contribution in [0.2, 0.25) is 5.02 Å². The van der Waals surface area contributed by atoms with Crippen LogP contribution in [0.25, 0.3) is 5.69 Å². The molecular formula is C24H25ClN4O2. The van der Waals surface area contributed by atoms with Gasteiger partial charge < -0.3 is 9.80 Å². The number of nitrogens with zero attached hydrogens (tertiary/aromatic N) is 4. The Balaban J connectivity index is 1.27. The van der Waals surface area contributed by atoms with Gasteiger partial charge in [0.15, 0.2) is 5.69 Å². The smallest absolute Gasteiger partial charge is 0.274 e. The number of piperazine rings is 1. The van der Waals surface area contributed by atoms with Crippen LogP contribution in [0.3, 0.4) is 0 Å². The lowest BCUT2D eigenvalue weighted by atomic mass is 10.1. The fourth-order valence-corrected chi connectivity index (χ4v) is 4.00. The van der Waals surface area contributed by atoms with Gasteiger partial charge in [0.1, 0.15) is 0 Å². The minimum absolute atomic E-state index is 0.123. The molecule has 2 heterocycles. The monoisotopic (exact) mass is 436 g/mol. The Bertz CT molecular complexity index is 1040. The minimum Gasteiger partial charge on any atom is -0.339 e. The molecule has 1 saturated heterocycles. The maximum atomic E-state index is 12.8. The van der Waals surface area contributed by atoms with E-state index in [1.54, 1.807) is 27.9 Å². The number of amides is 2. The average molecular weight is 437 g/mol. The van der Waals surface area contributed by atoms with Crippen molar-refractivity contribution in [1.29, 1.82) is 0 Å². The Morgan fingerprint density at radius 1 is 0.871 bits per heavy atom.